The van der Waals surface area contributed by atoms with Crippen LogP contribution < -0.4 is 4.18 Å². The molecule has 0 spiro atoms. The molecule has 0 saturated carbocycles. The third-order valence-electron chi connectivity index (χ3n) is 2.04. The number of thiazole rings is 1. The SMILES string of the molecule is Cc1nc(-c2ccc(OS(=O)(=O)F)c(F)c2)cs1. The lowest BCUT2D eigenvalue weighted by Crippen LogP contribution is -2.02. The monoisotopic (exact) mass is 291 g/mol. The number of hydrogen-bond acceptors (Lipinski definition) is 5. The Morgan fingerprint density at radius 2 is 2.11 bits per heavy atom. The zero-order valence-electron chi connectivity index (χ0n) is 9.05. The summed E-state index contributed by atoms with van der Waals surface area (Å²) in [5.74, 6) is -1.66. The molecule has 18 heavy (non-hydrogen) atoms. The molecular formula is C10H7F2NO3S2. The van der Waals surface area contributed by atoms with E-state index in [1.807, 2.05) is 0 Å². The number of rotatable bonds is 3. The van der Waals surface area contributed by atoms with Gasteiger partial charge in [0.15, 0.2) is 11.6 Å². The fraction of sp³-hybridized carbons (Fsp3) is 0.100. The molecule has 0 N–H and O–H groups in total. The fourth-order valence-electron chi connectivity index (χ4n) is 1.33. The van der Waals surface area contributed by atoms with Gasteiger partial charge in [0.05, 0.1) is 10.7 Å². The van der Waals surface area contributed by atoms with E-state index in [4.69, 9.17) is 0 Å². The molecule has 0 aliphatic heterocycles. The first-order valence-electron chi connectivity index (χ1n) is 4.71. The van der Waals surface area contributed by atoms with Crippen molar-refractivity contribution in [2.45, 2.75) is 6.92 Å². The molecule has 0 unspecified atom stereocenters. The Balaban J connectivity index is 2.36. The van der Waals surface area contributed by atoms with Crippen LogP contribution in [0.3, 0.4) is 0 Å². The van der Waals surface area contributed by atoms with Gasteiger partial charge >= 0.3 is 10.5 Å². The van der Waals surface area contributed by atoms with E-state index in [0.717, 1.165) is 17.1 Å². The fourth-order valence-corrected chi connectivity index (χ4v) is 2.30. The van der Waals surface area contributed by atoms with Gasteiger partial charge in [-0.25, -0.2) is 9.37 Å². The van der Waals surface area contributed by atoms with E-state index >= 15 is 0 Å². The van der Waals surface area contributed by atoms with E-state index in [1.54, 1.807) is 12.3 Å². The third-order valence-corrected chi connectivity index (χ3v) is 3.19. The average Bonchev–Trinajstić information content (AvgIpc) is 2.66. The van der Waals surface area contributed by atoms with Gasteiger partial charge in [-0.15, -0.1) is 11.3 Å². The molecule has 0 atom stereocenters. The molecule has 2 aromatic rings. The molecule has 2 rings (SSSR count). The molecule has 0 amide bonds. The van der Waals surface area contributed by atoms with Crippen molar-refractivity contribution in [3.63, 3.8) is 0 Å². The molecule has 4 nitrogen and oxygen atoms in total. The standard InChI is InChI=1S/C10H7F2NO3S2/c1-6-13-9(5-17-6)7-2-3-10(8(11)4-7)16-18(12,14)15/h2-5H,1H3. The summed E-state index contributed by atoms with van der Waals surface area (Å²) in [4.78, 5) is 4.15. The lowest BCUT2D eigenvalue weighted by molar-refractivity contribution is 0.423. The zero-order chi connectivity index (χ0) is 13.3. The third kappa shape index (κ3) is 3.02. The van der Waals surface area contributed by atoms with Crippen LogP contribution in [0.5, 0.6) is 5.75 Å². The van der Waals surface area contributed by atoms with Gasteiger partial charge in [-0.1, -0.05) is 3.89 Å². The topological polar surface area (TPSA) is 56.3 Å². The molecule has 0 fully saturated rings. The molecule has 0 aliphatic rings. The van der Waals surface area contributed by atoms with Gasteiger partial charge in [-0.3, -0.25) is 0 Å². The van der Waals surface area contributed by atoms with Crippen molar-refractivity contribution < 1.29 is 20.9 Å². The lowest BCUT2D eigenvalue weighted by atomic mass is 10.1. The molecular weight excluding hydrogens is 284 g/mol. The second-order valence-corrected chi connectivity index (χ2v) is 5.39. The lowest BCUT2D eigenvalue weighted by Gasteiger charge is -2.03. The minimum absolute atomic E-state index is 0.459. The Kier molecular flexibility index (Phi) is 3.31. The molecule has 8 heteroatoms. The number of aryl methyl sites for hydroxylation is 1. The number of nitrogens with zero attached hydrogens (tertiary/aromatic N) is 1. The van der Waals surface area contributed by atoms with Crippen LogP contribution in [-0.2, 0) is 10.5 Å². The number of benzene rings is 1. The minimum Gasteiger partial charge on any atom is -0.355 e. The predicted molar refractivity (Wildman–Crippen MR) is 62.9 cm³/mol. The van der Waals surface area contributed by atoms with Crippen LogP contribution in [0, 0.1) is 12.7 Å². The first kappa shape index (κ1) is 12.9. The van der Waals surface area contributed by atoms with E-state index < -0.39 is 22.1 Å². The van der Waals surface area contributed by atoms with Gasteiger partial charge < -0.3 is 4.18 Å². The molecule has 0 aliphatic carbocycles. The largest absolute Gasteiger partial charge is 0.488 e. The molecule has 1 aromatic heterocycles. The van der Waals surface area contributed by atoms with Crippen molar-refractivity contribution in [2.24, 2.45) is 0 Å². The average molecular weight is 291 g/mol. The number of aromatic nitrogens is 1. The second kappa shape index (κ2) is 4.62. The van der Waals surface area contributed by atoms with Crippen LogP contribution in [0.1, 0.15) is 5.01 Å². The van der Waals surface area contributed by atoms with Crippen LogP contribution in [0.25, 0.3) is 11.3 Å². The quantitative estimate of drug-likeness (QED) is 0.816. The zero-order valence-corrected chi connectivity index (χ0v) is 10.7. The normalized spacial score (nSPS) is 11.5. The summed E-state index contributed by atoms with van der Waals surface area (Å²) in [5, 5.41) is 2.55. The first-order chi connectivity index (χ1) is 8.35. The highest BCUT2D eigenvalue weighted by molar-refractivity contribution is 7.81. The van der Waals surface area contributed by atoms with E-state index in [-0.39, 0.29) is 0 Å². The van der Waals surface area contributed by atoms with E-state index in [2.05, 4.69) is 9.17 Å². The van der Waals surface area contributed by atoms with Gasteiger partial charge in [-0.2, -0.15) is 8.42 Å². The molecule has 0 radical (unpaired) electrons. The van der Waals surface area contributed by atoms with Gasteiger partial charge in [-0.05, 0) is 25.1 Å². The van der Waals surface area contributed by atoms with E-state index in [0.29, 0.717) is 11.3 Å². The Morgan fingerprint density at radius 3 is 2.61 bits per heavy atom. The Labute approximate surface area is 106 Å². The van der Waals surface area contributed by atoms with Gasteiger partial charge in [0.1, 0.15) is 0 Å². The van der Waals surface area contributed by atoms with Gasteiger partial charge in [0.25, 0.3) is 0 Å². The predicted octanol–water partition coefficient (Wildman–Crippen LogP) is 2.85. The molecule has 96 valence electrons. The summed E-state index contributed by atoms with van der Waals surface area (Å²) >= 11 is 1.40. The van der Waals surface area contributed by atoms with Gasteiger partial charge in [0, 0.05) is 10.9 Å². The summed E-state index contributed by atoms with van der Waals surface area (Å²) < 4.78 is 50.1. The first-order valence-corrected chi connectivity index (χ1v) is 6.90. The van der Waals surface area contributed by atoms with Crippen molar-refractivity contribution >= 4 is 21.8 Å². The van der Waals surface area contributed by atoms with Gasteiger partial charge in [0.2, 0.25) is 0 Å². The van der Waals surface area contributed by atoms with E-state index in [1.165, 1.54) is 17.4 Å². The van der Waals surface area contributed by atoms with Crippen molar-refractivity contribution in [2.75, 3.05) is 0 Å². The van der Waals surface area contributed by atoms with Crippen molar-refractivity contribution in [3.8, 4) is 17.0 Å². The Bertz CT molecular complexity index is 682. The van der Waals surface area contributed by atoms with Crippen LogP contribution in [0.15, 0.2) is 23.6 Å². The van der Waals surface area contributed by atoms with Crippen LogP contribution >= 0.6 is 11.3 Å². The smallest absolute Gasteiger partial charge is 0.355 e. The maximum absolute atomic E-state index is 13.5. The summed E-state index contributed by atoms with van der Waals surface area (Å²) in [7, 11) is -5.23. The number of hydrogen-bond donors (Lipinski definition) is 0. The Hall–Kier alpha value is -1.54. The highest BCUT2D eigenvalue weighted by Gasteiger charge is 2.15. The Morgan fingerprint density at radius 1 is 1.39 bits per heavy atom. The molecule has 0 bridgehead atoms. The molecule has 1 aromatic carbocycles. The highest BCUT2D eigenvalue weighted by Crippen LogP contribution is 2.27. The summed E-state index contributed by atoms with van der Waals surface area (Å²) in [5.41, 5.74) is 1.02. The molecule has 1 heterocycles. The van der Waals surface area contributed by atoms with Crippen LogP contribution in [0.4, 0.5) is 8.28 Å². The van der Waals surface area contributed by atoms with Crippen LogP contribution in [-0.4, -0.2) is 13.4 Å². The van der Waals surface area contributed by atoms with E-state index in [9.17, 15) is 16.7 Å². The summed E-state index contributed by atoms with van der Waals surface area (Å²) in [6, 6.07) is 3.48. The maximum Gasteiger partial charge on any atom is 0.488 e. The summed E-state index contributed by atoms with van der Waals surface area (Å²) in [6.45, 7) is 1.80. The highest BCUT2D eigenvalue weighted by atomic mass is 32.3. The van der Waals surface area contributed by atoms with Crippen molar-refractivity contribution in [1.29, 1.82) is 0 Å². The minimum atomic E-state index is -5.23. The summed E-state index contributed by atoms with van der Waals surface area (Å²) in [6.07, 6.45) is 0. The second-order valence-electron chi connectivity index (χ2n) is 3.37. The number of halogens is 2. The maximum atomic E-state index is 13.5. The molecule has 0 saturated heterocycles. The van der Waals surface area contributed by atoms with Crippen LogP contribution in [0.2, 0.25) is 0 Å². The van der Waals surface area contributed by atoms with Crippen molar-refractivity contribution in [1.82, 2.24) is 4.98 Å². The van der Waals surface area contributed by atoms with Crippen molar-refractivity contribution in [3.05, 3.63) is 34.4 Å².